The summed E-state index contributed by atoms with van der Waals surface area (Å²) >= 11 is 0. The molecule has 1 unspecified atom stereocenters. The summed E-state index contributed by atoms with van der Waals surface area (Å²) in [6.45, 7) is 10.1. The second-order valence-corrected chi connectivity index (χ2v) is 8.63. The number of amides is 1. The van der Waals surface area contributed by atoms with Crippen molar-refractivity contribution in [3.05, 3.63) is 42.0 Å². The fourth-order valence-corrected chi connectivity index (χ4v) is 3.61. The first kappa shape index (κ1) is 23.5. The molecule has 2 aromatic heterocycles. The van der Waals surface area contributed by atoms with Crippen molar-refractivity contribution in [1.82, 2.24) is 24.6 Å². The standard InChI is InChI=1S/C22H35N5O4/c1-17(2)24(3)12-18(28)13-26-7-9-27(10-8-26)15-21-23-20(16-31-21)22(29)25(4)14-19-6-5-11-30-19/h5-6,11,16-18,28H,7-10,12-15H2,1-4H3. The van der Waals surface area contributed by atoms with Crippen molar-refractivity contribution >= 4 is 5.91 Å². The summed E-state index contributed by atoms with van der Waals surface area (Å²) in [5.74, 6) is 1.07. The monoisotopic (exact) mass is 433 g/mol. The quantitative estimate of drug-likeness (QED) is 0.601. The van der Waals surface area contributed by atoms with Crippen LogP contribution in [-0.2, 0) is 13.1 Å². The van der Waals surface area contributed by atoms with Crippen molar-refractivity contribution in [3.63, 3.8) is 0 Å². The topological polar surface area (TPSA) is 89.4 Å². The lowest BCUT2D eigenvalue weighted by Gasteiger charge is -2.35. The molecule has 1 amide bonds. The molecule has 3 heterocycles. The lowest BCUT2D eigenvalue weighted by Crippen LogP contribution is -2.49. The van der Waals surface area contributed by atoms with Crippen LogP contribution in [0.4, 0.5) is 0 Å². The van der Waals surface area contributed by atoms with E-state index in [1.54, 1.807) is 24.3 Å². The fraction of sp³-hybridized carbons (Fsp3) is 0.636. The van der Waals surface area contributed by atoms with Crippen LogP contribution < -0.4 is 0 Å². The number of likely N-dealkylation sites (N-methyl/N-ethyl adjacent to an activating group) is 1. The van der Waals surface area contributed by atoms with Crippen LogP contribution in [0, 0.1) is 0 Å². The van der Waals surface area contributed by atoms with Crippen LogP contribution in [0.15, 0.2) is 33.5 Å². The van der Waals surface area contributed by atoms with E-state index < -0.39 is 0 Å². The van der Waals surface area contributed by atoms with Crippen LogP contribution in [0.5, 0.6) is 0 Å². The van der Waals surface area contributed by atoms with Crippen molar-refractivity contribution in [1.29, 1.82) is 0 Å². The van der Waals surface area contributed by atoms with Crippen LogP contribution >= 0.6 is 0 Å². The van der Waals surface area contributed by atoms with E-state index in [9.17, 15) is 9.90 Å². The third kappa shape index (κ3) is 6.90. The molecule has 9 nitrogen and oxygen atoms in total. The highest BCUT2D eigenvalue weighted by molar-refractivity contribution is 5.91. The van der Waals surface area contributed by atoms with Crippen LogP contribution in [0.25, 0.3) is 0 Å². The van der Waals surface area contributed by atoms with E-state index in [1.165, 1.54) is 6.26 Å². The Kier molecular flexibility index (Phi) is 8.25. The second-order valence-electron chi connectivity index (χ2n) is 8.63. The number of aliphatic hydroxyl groups is 1. The van der Waals surface area contributed by atoms with E-state index >= 15 is 0 Å². The highest BCUT2D eigenvalue weighted by Gasteiger charge is 2.23. The number of aromatic nitrogens is 1. The number of oxazole rings is 1. The number of furan rings is 1. The van der Waals surface area contributed by atoms with Gasteiger partial charge in [0.25, 0.3) is 5.91 Å². The molecule has 1 atom stereocenters. The molecule has 172 valence electrons. The summed E-state index contributed by atoms with van der Waals surface area (Å²) in [4.78, 5) is 25.2. The van der Waals surface area contributed by atoms with Gasteiger partial charge in [0.15, 0.2) is 5.69 Å². The van der Waals surface area contributed by atoms with Gasteiger partial charge >= 0.3 is 0 Å². The molecule has 0 aliphatic carbocycles. The smallest absolute Gasteiger partial charge is 0.275 e. The van der Waals surface area contributed by atoms with E-state index in [-0.39, 0.29) is 12.0 Å². The average Bonchev–Trinajstić information content (AvgIpc) is 3.41. The first-order valence-electron chi connectivity index (χ1n) is 10.9. The lowest BCUT2D eigenvalue weighted by molar-refractivity contribution is 0.0469. The van der Waals surface area contributed by atoms with Gasteiger partial charge in [0, 0.05) is 52.4 Å². The molecule has 1 saturated heterocycles. The molecule has 3 rings (SSSR count). The van der Waals surface area contributed by atoms with Gasteiger partial charge in [-0.2, -0.15) is 0 Å². The molecule has 0 spiro atoms. The maximum absolute atomic E-state index is 12.6. The number of hydrogen-bond donors (Lipinski definition) is 1. The van der Waals surface area contributed by atoms with Crippen molar-refractivity contribution < 1.29 is 18.7 Å². The highest BCUT2D eigenvalue weighted by Crippen LogP contribution is 2.12. The minimum Gasteiger partial charge on any atom is -0.467 e. The average molecular weight is 434 g/mol. The SMILES string of the molecule is CC(C)N(C)CC(O)CN1CCN(Cc2nc(C(=O)N(C)Cc3ccco3)co2)CC1. The second kappa shape index (κ2) is 10.9. The Bertz CT molecular complexity index is 799. The summed E-state index contributed by atoms with van der Waals surface area (Å²) in [5.41, 5.74) is 0.306. The van der Waals surface area contributed by atoms with Crippen LogP contribution in [0.1, 0.15) is 36.0 Å². The summed E-state index contributed by atoms with van der Waals surface area (Å²) < 4.78 is 10.8. The van der Waals surface area contributed by atoms with Crippen molar-refractivity contribution in [2.45, 2.75) is 39.1 Å². The van der Waals surface area contributed by atoms with Crippen LogP contribution in [-0.4, -0.2) is 101 Å². The van der Waals surface area contributed by atoms with Gasteiger partial charge < -0.3 is 23.7 Å². The normalized spacial score (nSPS) is 16.9. The predicted molar refractivity (Wildman–Crippen MR) is 116 cm³/mol. The third-order valence-electron chi connectivity index (χ3n) is 5.76. The third-order valence-corrected chi connectivity index (χ3v) is 5.76. The number of β-amino-alcohol motifs (C(OH)–C–C–N with tert-alkyl or cyclic N) is 1. The van der Waals surface area contributed by atoms with E-state index in [2.05, 4.69) is 33.5 Å². The number of aliphatic hydroxyl groups excluding tert-OH is 1. The molecule has 2 aromatic rings. The molecule has 0 saturated carbocycles. The van der Waals surface area contributed by atoms with Crippen molar-refractivity contribution in [2.24, 2.45) is 0 Å². The Labute approximate surface area is 184 Å². The van der Waals surface area contributed by atoms with Crippen molar-refractivity contribution in [2.75, 3.05) is 53.4 Å². The van der Waals surface area contributed by atoms with Crippen LogP contribution in [0.2, 0.25) is 0 Å². The molecule has 1 N–H and O–H groups in total. The first-order chi connectivity index (χ1) is 14.8. The van der Waals surface area contributed by atoms with Crippen LogP contribution in [0.3, 0.4) is 0 Å². The zero-order valence-electron chi connectivity index (χ0n) is 19.0. The predicted octanol–water partition coefficient (Wildman–Crippen LogP) is 1.36. The molecule has 0 bridgehead atoms. The molecule has 9 heteroatoms. The number of carbonyl (C=O) groups excluding carboxylic acids is 1. The summed E-state index contributed by atoms with van der Waals surface area (Å²) in [6.07, 6.45) is 2.66. The number of rotatable bonds is 10. The molecular formula is C22H35N5O4. The maximum atomic E-state index is 12.6. The van der Waals surface area contributed by atoms with Gasteiger partial charge in [0.05, 0.1) is 25.5 Å². The molecular weight excluding hydrogens is 398 g/mol. The number of piperazine rings is 1. The Hall–Kier alpha value is -2.20. The number of nitrogens with zero attached hydrogens (tertiary/aromatic N) is 5. The van der Waals surface area contributed by atoms with E-state index in [0.29, 0.717) is 43.8 Å². The lowest BCUT2D eigenvalue weighted by atomic mass is 10.2. The maximum Gasteiger partial charge on any atom is 0.275 e. The number of hydrogen-bond acceptors (Lipinski definition) is 8. The molecule has 1 aliphatic heterocycles. The van der Waals surface area contributed by atoms with E-state index in [4.69, 9.17) is 8.83 Å². The van der Waals surface area contributed by atoms with Gasteiger partial charge in [0.2, 0.25) is 5.89 Å². The fourth-order valence-electron chi connectivity index (χ4n) is 3.61. The van der Waals surface area contributed by atoms with Gasteiger partial charge in [-0.25, -0.2) is 4.98 Å². The van der Waals surface area contributed by atoms with Gasteiger partial charge in [-0.15, -0.1) is 0 Å². The van der Waals surface area contributed by atoms with E-state index in [0.717, 1.165) is 31.9 Å². The number of carbonyl (C=O) groups is 1. The summed E-state index contributed by atoms with van der Waals surface area (Å²) in [6, 6.07) is 4.06. The Balaban J connectivity index is 1.42. The minimum atomic E-state index is -0.350. The van der Waals surface area contributed by atoms with Gasteiger partial charge in [-0.05, 0) is 33.0 Å². The molecule has 1 aliphatic rings. The highest BCUT2D eigenvalue weighted by atomic mass is 16.3. The largest absolute Gasteiger partial charge is 0.467 e. The zero-order valence-corrected chi connectivity index (χ0v) is 19.0. The molecule has 0 aromatic carbocycles. The van der Waals surface area contributed by atoms with Gasteiger partial charge in [-0.1, -0.05) is 0 Å². The van der Waals surface area contributed by atoms with E-state index in [1.807, 2.05) is 13.1 Å². The Morgan fingerprint density at radius 2 is 1.90 bits per heavy atom. The Morgan fingerprint density at radius 1 is 1.19 bits per heavy atom. The first-order valence-corrected chi connectivity index (χ1v) is 10.9. The zero-order chi connectivity index (χ0) is 22.4. The van der Waals surface area contributed by atoms with Crippen molar-refractivity contribution in [3.8, 4) is 0 Å². The molecule has 31 heavy (non-hydrogen) atoms. The van der Waals surface area contributed by atoms with Gasteiger partial charge in [0.1, 0.15) is 12.0 Å². The molecule has 0 radical (unpaired) electrons. The minimum absolute atomic E-state index is 0.198. The van der Waals surface area contributed by atoms with Gasteiger partial charge in [-0.3, -0.25) is 14.6 Å². The Morgan fingerprint density at radius 3 is 2.55 bits per heavy atom. The summed E-state index contributed by atoms with van der Waals surface area (Å²) in [7, 11) is 3.75. The summed E-state index contributed by atoms with van der Waals surface area (Å²) in [5, 5.41) is 10.3. The molecule has 1 fully saturated rings.